The molecule has 28 nitrogen and oxygen atoms in total. The highest BCUT2D eigenvalue weighted by atomic mass is 35.5. The Bertz CT molecular complexity index is 6560. The van der Waals surface area contributed by atoms with Crippen LogP contribution in [0, 0.1) is 12.7 Å². The summed E-state index contributed by atoms with van der Waals surface area (Å²) in [7, 11) is -14.9. The van der Waals surface area contributed by atoms with Crippen LogP contribution < -0.4 is 53.2 Å². The molecule has 0 aliphatic carbocycles. The van der Waals surface area contributed by atoms with Gasteiger partial charge in [0.2, 0.25) is 23.6 Å². The van der Waals surface area contributed by atoms with E-state index in [4.69, 9.17) is 23.2 Å². The summed E-state index contributed by atoms with van der Waals surface area (Å²) in [6.07, 6.45) is 13.5. The number of para-hydroxylation sites is 1. The average Bonchev–Trinajstić information content (AvgIpc) is 1.62. The molecule has 4 fully saturated rings. The fourth-order valence-corrected chi connectivity index (χ4v) is 24.9. The summed E-state index contributed by atoms with van der Waals surface area (Å²) in [5.41, 5.74) is 12.1. The van der Waals surface area contributed by atoms with Gasteiger partial charge >= 0.3 is 0 Å². The number of carbonyl (C=O) groups is 4. The molecule has 0 radical (unpaired) electrons. The number of thiazole rings is 4. The quantitative estimate of drug-likeness (QED) is 0.0551. The summed E-state index contributed by atoms with van der Waals surface area (Å²) >= 11 is 16.9. The molecule has 8 aromatic carbocycles. The van der Waals surface area contributed by atoms with Crippen LogP contribution >= 0.6 is 68.5 Å². The van der Waals surface area contributed by atoms with Crippen molar-refractivity contribution in [2.75, 3.05) is 99.0 Å². The molecule has 0 bridgehead atoms. The molecule has 4 saturated heterocycles. The lowest BCUT2D eigenvalue weighted by atomic mass is 9.99. The van der Waals surface area contributed by atoms with Crippen molar-refractivity contribution >= 4 is 193 Å². The van der Waals surface area contributed by atoms with E-state index in [1.807, 2.05) is 54.3 Å². The van der Waals surface area contributed by atoms with E-state index in [1.54, 1.807) is 114 Å². The van der Waals surface area contributed by atoms with Crippen molar-refractivity contribution in [2.24, 2.45) is 0 Å². The number of fused-ring (bicyclic) bond motifs is 4. The molecule has 0 unspecified atom stereocenters. The molecule has 12 heterocycles. The van der Waals surface area contributed by atoms with Crippen LogP contribution in [0.25, 0.3) is 0 Å². The molecule has 0 saturated carbocycles. The summed E-state index contributed by atoms with van der Waals surface area (Å²) in [4.78, 5) is 84.8. The lowest BCUT2D eigenvalue weighted by Crippen LogP contribution is -2.44. The minimum atomic E-state index is -3.76. The topological polar surface area (TPSA) is 330 Å². The number of benzene rings is 8. The van der Waals surface area contributed by atoms with Crippen LogP contribution in [0.15, 0.2) is 236 Å². The van der Waals surface area contributed by atoms with Crippen molar-refractivity contribution in [3.8, 4) is 0 Å². The highest BCUT2D eigenvalue weighted by molar-refractivity contribution is 7.94. The van der Waals surface area contributed by atoms with Crippen molar-refractivity contribution in [3.05, 3.63) is 265 Å². The van der Waals surface area contributed by atoms with Crippen LogP contribution in [0.4, 0.5) is 64.7 Å². The Balaban J connectivity index is 0.000000197. The monoisotopic (exact) mass is 1900 g/mol. The third-order valence-electron chi connectivity index (χ3n) is 23.3. The van der Waals surface area contributed by atoms with E-state index < -0.39 is 52.0 Å². The largest absolute Gasteiger partial charge is 0.359 e. The second-order valence-corrected chi connectivity index (χ2v) is 42.0. The summed E-state index contributed by atoms with van der Waals surface area (Å²) in [6.45, 7) is 8.00. The van der Waals surface area contributed by atoms with Gasteiger partial charge in [0.1, 0.15) is 23.9 Å². The minimum Gasteiger partial charge on any atom is -0.359 e. The second-order valence-electron chi connectivity index (χ2n) is 30.9. The van der Waals surface area contributed by atoms with E-state index in [9.17, 15) is 57.2 Å². The molecule has 4 amide bonds. The Labute approximate surface area is 766 Å². The maximum atomic E-state index is 14.3. The number of hydrogen-bond donors (Lipinski definition) is 4. The number of halogens is 3. The van der Waals surface area contributed by atoms with Crippen molar-refractivity contribution in [1.29, 1.82) is 0 Å². The number of aryl methyl sites for hydroxylation is 3. The first-order chi connectivity index (χ1) is 60.7. The summed E-state index contributed by atoms with van der Waals surface area (Å²) in [6, 6.07) is 48.7. The number of aromatic nitrogens is 4. The Morgan fingerprint density at radius 3 is 1.19 bits per heavy atom. The third kappa shape index (κ3) is 18.5. The minimum absolute atomic E-state index is 0. The molecule has 4 N–H and O–H groups in total. The number of sulfonamides is 4. The normalized spacial score (nSPS) is 18.7. The van der Waals surface area contributed by atoms with E-state index >= 15 is 0 Å². The predicted molar refractivity (Wildman–Crippen MR) is 510 cm³/mol. The molecular formula is C87H99Cl2FN16O12S8. The molecule has 4 atom stereocenters. The predicted octanol–water partition coefficient (Wildman–Crippen LogP) is 16.9. The molecule has 12 aromatic rings. The molecule has 8 aliphatic rings. The first-order valence-corrected chi connectivity index (χ1v) is 50.7. The van der Waals surface area contributed by atoms with Gasteiger partial charge in [-0.1, -0.05) is 65.7 Å². The Morgan fingerprint density at radius 1 is 0.381 bits per heavy atom. The van der Waals surface area contributed by atoms with Crippen molar-refractivity contribution < 1.29 is 68.7 Å². The van der Waals surface area contributed by atoms with Gasteiger partial charge < -0.3 is 34.3 Å². The van der Waals surface area contributed by atoms with Crippen LogP contribution in [-0.2, 0) is 91.6 Å². The maximum absolute atomic E-state index is 14.3. The van der Waals surface area contributed by atoms with Gasteiger partial charge in [-0.05, 0) is 220 Å². The molecule has 0 spiro atoms. The Hall–Kier alpha value is -11.0. The molecule has 20 rings (SSSR count). The highest BCUT2D eigenvalue weighted by Crippen LogP contribution is 2.42. The standard InChI is InChI=1S/C23H23ClN4O3S2.C22H22N4O3S2.C21H18ClFN4O3S2.C21H20N4O3S2.8H2/c1-15-13-18(33(30,31)26-23-25-9-12-32-23)5-7-19(15)28-11-8-21(22(28)29)27-10-2-3-16-14-17(24)4-6-20(16)27;27-21-20(26-13-3-5-16-4-1-2-6-19(16)26)11-14-25(21)17-7-9-18(10-8-17)31(28,29)24-22-23-12-15-30-22;22-16-5-6-17-15(19(16)23)7-10-27(17)18-8-11-26(20(18)28)13-1-3-14(4-2-13)32(29,30)25-21-24-9-12-31-21;26-20-19(24-13-15-3-1-2-4-16(15)14-24)9-11-25(20)17-5-7-18(8-6-17)30(27,28)23-21-22-10-12-29-21;;;;;;;;/h4-7,9,12-14,21H,2-3,8,10-11H2,1H3,(H,25,26);1-2,4,6-10,12,15,20H,3,5,11,13-14H2,(H,23,24);1-6,9,12,18H,7-8,10-11H2,(H,24,25);1-8,10,12,19H,9,11,13-14H2,(H,22,23);8*1H/t21-;20-;18-;19-;;;;;;;;/m0000......../s1. The number of amides is 4. The van der Waals surface area contributed by atoms with E-state index in [2.05, 4.69) is 77.8 Å². The molecule has 8 aliphatic heterocycles. The van der Waals surface area contributed by atoms with Gasteiger partial charge in [0, 0.05) is 167 Å². The van der Waals surface area contributed by atoms with Gasteiger partial charge in [-0.25, -0.2) is 58.0 Å². The van der Waals surface area contributed by atoms with Crippen molar-refractivity contribution in [3.63, 3.8) is 0 Å². The zero-order chi connectivity index (χ0) is 87.8. The van der Waals surface area contributed by atoms with Crippen LogP contribution in [0.1, 0.15) is 83.3 Å². The third-order valence-corrected chi connectivity index (χ3v) is 32.5. The lowest BCUT2D eigenvalue weighted by molar-refractivity contribution is -0.122. The molecule has 4 aromatic heterocycles. The maximum Gasteiger partial charge on any atom is 0.263 e. The fourth-order valence-electron chi connectivity index (χ4n) is 17.3. The van der Waals surface area contributed by atoms with Gasteiger partial charge in [0.05, 0.1) is 30.6 Å². The number of rotatable bonds is 20. The number of nitrogens with zero attached hydrogens (tertiary/aromatic N) is 12. The van der Waals surface area contributed by atoms with Gasteiger partial charge in [0.25, 0.3) is 40.1 Å². The number of nitrogens with one attached hydrogen (secondary N) is 4. The van der Waals surface area contributed by atoms with Gasteiger partial charge in [-0.15, -0.1) is 45.3 Å². The van der Waals surface area contributed by atoms with Crippen molar-refractivity contribution in [1.82, 2.24) is 24.8 Å². The fraction of sp³-hybridized carbons (Fsp3) is 0.264. The zero-order valence-electron chi connectivity index (χ0n) is 67.5. The molecule has 39 heteroatoms. The second kappa shape index (κ2) is 36.8. The SMILES string of the molecule is Cc1cc(S(=O)(=O)Nc2nccs2)ccc1N1CC[C@H](N2CCCc3cc(Cl)ccc32)C1=O.O=C1[C@@H](N2CCCc3ccccc32)CCN1c1ccc(S(=O)(=O)Nc2nccs2)cc1.O=C1[C@@H](N2CCc3c2ccc(Cl)c3F)CCN1c1ccc(S(=O)(=O)Nc2nccs2)cc1.O=C1[C@@H](N2Cc3ccccc3C2)CCN1c1ccc(S(=O)(=O)Nc2nccs2)cc1.[HH].[HH].[HH].[HH].[HH].[HH].[HH].[HH]. The number of anilines is 11. The van der Waals surface area contributed by atoms with Crippen LogP contribution in [0.5, 0.6) is 0 Å². The lowest BCUT2D eigenvalue weighted by Gasteiger charge is -2.35. The van der Waals surface area contributed by atoms with Gasteiger partial charge in [-0.3, -0.25) is 43.0 Å². The first kappa shape index (κ1) is 87.1. The molecule has 668 valence electrons. The number of hydrogen-bond acceptors (Lipinski definition) is 24. The molecule has 126 heavy (non-hydrogen) atoms. The zero-order valence-corrected chi connectivity index (χ0v) is 75.5. The Kier molecular flexibility index (Phi) is 25.4. The molecular weight excluding hydrogens is 1810 g/mol. The summed E-state index contributed by atoms with van der Waals surface area (Å²) < 4.78 is 125. The highest BCUT2D eigenvalue weighted by Gasteiger charge is 2.44. The van der Waals surface area contributed by atoms with Crippen LogP contribution in [0.2, 0.25) is 10.0 Å². The van der Waals surface area contributed by atoms with Gasteiger partial charge in [0.15, 0.2) is 20.5 Å². The first-order valence-electron chi connectivity index (χ1n) is 40.5. The van der Waals surface area contributed by atoms with E-state index in [1.165, 1.54) is 122 Å². The Morgan fingerprint density at radius 2 is 0.746 bits per heavy atom. The summed E-state index contributed by atoms with van der Waals surface area (Å²) in [5, 5.41) is 8.84. The van der Waals surface area contributed by atoms with E-state index in [-0.39, 0.29) is 82.9 Å². The van der Waals surface area contributed by atoms with Gasteiger partial charge in [-0.2, -0.15) is 0 Å². The van der Waals surface area contributed by atoms with Crippen molar-refractivity contribution in [2.45, 2.75) is 122 Å². The number of carbonyl (C=O) groups excluding carboxylic acids is 4. The van der Waals surface area contributed by atoms with Crippen LogP contribution in [-0.4, -0.2) is 152 Å². The van der Waals surface area contributed by atoms with Crippen LogP contribution in [0.3, 0.4) is 0 Å². The smallest absolute Gasteiger partial charge is 0.263 e. The van der Waals surface area contributed by atoms with E-state index in [0.717, 1.165) is 87.3 Å². The van der Waals surface area contributed by atoms with E-state index in [0.29, 0.717) is 101 Å². The average molecular weight is 1910 g/mol. The summed E-state index contributed by atoms with van der Waals surface area (Å²) in [5.74, 6) is -0.341.